The molecule has 1 saturated heterocycles. The van der Waals surface area contributed by atoms with Crippen LogP contribution in [-0.2, 0) is 11.3 Å². The lowest BCUT2D eigenvalue weighted by Gasteiger charge is -2.37. The number of nitrogens with one attached hydrogen (secondary N) is 1. The fourth-order valence-electron chi connectivity index (χ4n) is 4.85. The Bertz CT molecular complexity index is 1440. The third-order valence-corrected chi connectivity index (χ3v) is 7.81. The number of ether oxygens (including phenoxy) is 1. The van der Waals surface area contributed by atoms with Gasteiger partial charge in [-0.1, -0.05) is 18.2 Å². The number of likely N-dealkylation sites (tertiary alicyclic amines) is 1. The molecule has 4 aromatic rings. The summed E-state index contributed by atoms with van der Waals surface area (Å²) in [4.78, 5) is 23.8. The lowest BCUT2D eigenvalue weighted by atomic mass is 10.0. The fourth-order valence-corrected chi connectivity index (χ4v) is 5.78. The summed E-state index contributed by atoms with van der Waals surface area (Å²) in [6.07, 6.45) is 0.0353. The van der Waals surface area contributed by atoms with E-state index in [2.05, 4.69) is 20.2 Å². The molecule has 1 N–H and O–H groups in total. The summed E-state index contributed by atoms with van der Waals surface area (Å²) in [5.41, 5.74) is 2.81. The number of fused-ring (bicyclic) bond motifs is 1. The first-order valence-corrected chi connectivity index (χ1v) is 13.4. The zero-order valence-electron chi connectivity index (χ0n) is 20.8. The second-order valence-corrected chi connectivity index (χ2v) is 10.2. The second-order valence-electron chi connectivity index (χ2n) is 9.30. The van der Waals surface area contributed by atoms with E-state index in [1.807, 2.05) is 12.1 Å². The molecule has 1 atom stereocenters. The van der Waals surface area contributed by atoms with E-state index in [4.69, 9.17) is 4.74 Å². The topological polar surface area (TPSA) is 67.4 Å². The van der Waals surface area contributed by atoms with Crippen molar-refractivity contribution in [3.8, 4) is 0 Å². The number of carbonyl (C=O) groups is 1. The molecule has 2 aromatic carbocycles. The van der Waals surface area contributed by atoms with Crippen LogP contribution in [0.4, 0.5) is 17.6 Å². The predicted octanol–water partition coefficient (Wildman–Crippen LogP) is 6.06. The van der Waals surface area contributed by atoms with Gasteiger partial charge in [0.25, 0.3) is 12.3 Å². The van der Waals surface area contributed by atoms with E-state index in [1.165, 1.54) is 11.6 Å². The minimum atomic E-state index is -2.73. The van der Waals surface area contributed by atoms with Crippen LogP contribution in [0, 0.1) is 11.6 Å². The van der Waals surface area contributed by atoms with Gasteiger partial charge in [-0.25, -0.2) is 22.5 Å². The summed E-state index contributed by atoms with van der Waals surface area (Å²) in [7, 11) is 0. The number of hydrogen-bond donors (Lipinski definition) is 1. The Morgan fingerprint density at radius 1 is 1.08 bits per heavy atom. The smallest absolute Gasteiger partial charge is 0.281 e. The summed E-state index contributed by atoms with van der Waals surface area (Å²) < 4.78 is 60.1. The summed E-state index contributed by atoms with van der Waals surface area (Å²) >= 11 is 1.15. The SMILES string of the molecule is O=C(NCC(c1scnc1C(F)F)N1CCC(OCc2ccc(F)c(F)c2)CC1)c1cccc2ncccc12. The Hall–Kier alpha value is -3.41. The number of thiazole rings is 1. The van der Waals surface area contributed by atoms with Crippen molar-refractivity contribution in [2.45, 2.75) is 38.0 Å². The molecule has 0 bridgehead atoms. The number of rotatable bonds is 9. The van der Waals surface area contributed by atoms with Crippen molar-refractivity contribution in [1.82, 2.24) is 20.2 Å². The van der Waals surface area contributed by atoms with Crippen LogP contribution in [-0.4, -0.2) is 46.5 Å². The number of alkyl halides is 2. The molecule has 39 heavy (non-hydrogen) atoms. The highest BCUT2D eigenvalue weighted by atomic mass is 32.1. The van der Waals surface area contributed by atoms with Crippen LogP contribution in [0.15, 0.2) is 60.2 Å². The molecule has 1 aliphatic rings. The molecule has 0 aliphatic carbocycles. The van der Waals surface area contributed by atoms with E-state index in [0.29, 0.717) is 52.8 Å². The van der Waals surface area contributed by atoms with Crippen molar-refractivity contribution >= 4 is 28.1 Å². The Morgan fingerprint density at radius 2 is 1.90 bits per heavy atom. The van der Waals surface area contributed by atoms with Gasteiger partial charge in [-0.15, -0.1) is 11.3 Å². The molecule has 1 unspecified atom stereocenters. The zero-order valence-corrected chi connectivity index (χ0v) is 21.6. The lowest BCUT2D eigenvalue weighted by molar-refractivity contribution is -0.0114. The Morgan fingerprint density at radius 3 is 2.67 bits per heavy atom. The minimum absolute atomic E-state index is 0.121. The van der Waals surface area contributed by atoms with E-state index in [-0.39, 0.29) is 30.9 Å². The molecule has 2 aromatic heterocycles. The largest absolute Gasteiger partial charge is 0.373 e. The third kappa shape index (κ3) is 6.26. The zero-order chi connectivity index (χ0) is 27.4. The van der Waals surface area contributed by atoms with Gasteiger partial charge in [-0.3, -0.25) is 14.7 Å². The minimum Gasteiger partial charge on any atom is -0.373 e. The van der Waals surface area contributed by atoms with Gasteiger partial charge in [0.05, 0.1) is 34.7 Å². The van der Waals surface area contributed by atoms with Gasteiger partial charge in [-0.05, 0) is 48.7 Å². The van der Waals surface area contributed by atoms with Gasteiger partial charge in [0.15, 0.2) is 11.6 Å². The fraction of sp³-hybridized carbons (Fsp3) is 0.321. The van der Waals surface area contributed by atoms with Crippen LogP contribution >= 0.6 is 11.3 Å². The third-order valence-electron chi connectivity index (χ3n) is 6.87. The van der Waals surface area contributed by atoms with Crippen molar-refractivity contribution < 1.29 is 27.1 Å². The lowest BCUT2D eigenvalue weighted by Crippen LogP contribution is -2.43. The van der Waals surface area contributed by atoms with E-state index < -0.39 is 24.1 Å². The van der Waals surface area contributed by atoms with Crippen molar-refractivity contribution in [3.63, 3.8) is 0 Å². The monoisotopic (exact) mass is 558 g/mol. The van der Waals surface area contributed by atoms with Gasteiger partial charge in [0.2, 0.25) is 0 Å². The number of nitrogens with zero attached hydrogens (tertiary/aromatic N) is 3. The maximum atomic E-state index is 13.8. The first-order valence-electron chi connectivity index (χ1n) is 12.5. The van der Waals surface area contributed by atoms with E-state index in [9.17, 15) is 22.4 Å². The van der Waals surface area contributed by atoms with Crippen LogP contribution in [0.3, 0.4) is 0 Å². The van der Waals surface area contributed by atoms with Crippen LogP contribution in [0.2, 0.25) is 0 Å². The van der Waals surface area contributed by atoms with Gasteiger partial charge in [-0.2, -0.15) is 0 Å². The van der Waals surface area contributed by atoms with Gasteiger partial charge in [0.1, 0.15) is 5.69 Å². The molecule has 0 saturated carbocycles. The Labute approximate surface area is 226 Å². The number of hydrogen-bond acceptors (Lipinski definition) is 6. The normalized spacial score (nSPS) is 15.6. The van der Waals surface area contributed by atoms with Crippen LogP contribution in [0.25, 0.3) is 10.9 Å². The van der Waals surface area contributed by atoms with Gasteiger partial charge >= 0.3 is 0 Å². The Kier molecular flexibility index (Phi) is 8.49. The molecule has 11 heteroatoms. The molecular weight excluding hydrogens is 532 g/mol. The number of pyridine rings is 1. The molecule has 6 nitrogen and oxygen atoms in total. The average molecular weight is 559 g/mol. The molecule has 0 spiro atoms. The highest BCUT2D eigenvalue weighted by molar-refractivity contribution is 7.09. The molecule has 3 heterocycles. The highest BCUT2D eigenvalue weighted by Gasteiger charge is 2.32. The highest BCUT2D eigenvalue weighted by Crippen LogP contribution is 2.34. The first kappa shape index (κ1) is 27.2. The summed E-state index contributed by atoms with van der Waals surface area (Å²) in [5, 5.41) is 3.65. The molecule has 0 radical (unpaired) electrons. The second kappa shape index (κ2) is 12.2. The number of amides is 1. The van der Waals surface area contributed by atoms with E-state index in [0.717, 1.165) is 23.5 Å². The van der Waals surface area contributed by atoms with Crippen LogP contribution in [0.5, 0.6) is 0 Å². The molecule has 1 fully saturated rings. The van der Waals surface area contributed by atoms with Crippen molar-refractivity contribution in [1.29, 1.82) is 0 Å². The van der Waals surface area contributed by atoms with E-state index >= 15 is 0 Å². The standard InChI is InChI=1S/C28H26F4N4O2S/c29-21-7-6-17(13-22(21)30)15-38-18-8-11-36(12-9-18)24(26-25(27(31)32)35-16-39-26)14-34-28(37)20-3-1-5-23-19(20)4-2-10-33-23/h1-7,10,13,16,18,24,27H,8-9,11-12,14-15H2,(H,34,37). The number of benzene rings is 2. The summed E-state index contributed by atoms with van der Waals surface area (Å²) in [6, 6.07) is 12.0. The molecule has 204 valence electrons. The number of carbonyl (C=O) groups excluding carboxylic acids is 1. The predicted molar refractivity (Wildman–Crippen MR) is 140 cm³/mol. The number of piperidine rings is 1. The van der Waals surface area contributed by atoms with Gasteiger partial charge < -0.3 is 10.1 Å². The average Bonchev–Trinajstić information content (AvgIpc) is 3.44. The maximum absolute atomic E-state index is 13.8. The maximum Gasteiger partial charge on any atom is 0.281 e. The first-order chi connectivity index (χ1) is 18.9. The van der Waals surface area contributed by atoms with Crippen LogP contribution < -0.4 is 5.32 Å². The van der Waals surface area contributed by atoms with Crippen molar-refractivity contribution in [2.24, 2.45) is 0 Å². The summed E-state index contributed by atoms with van der Waals surface area (Å²) in [5.74, 6) is -2.14. The van der Waals surface area contributed by atoms with Gasteiger partial charge in [0, 0.05) is 36.8 Å². The van der Waals surface area contributed by atoms with E-state index in [1.54, 1.807) is 24.4 Å². The number of halogens is 4. The molecule has 1 aliphatic heterocycles. The molecular formula is C28H26F4N4O2S. The molecule has 1 amide bonds. The quantitative estimate of drug-likeness (QED) is 0.253. The van der Waals surface area contributed by atoms with Crippen molar-refractivity contribution in [3.05, 3.63) is 93.6 Å². The Balaban J connectivity index is 1.27. The van der Waals surface area contributed by atoms with Crippen LogP contribution in [0.1, 0.15) is 51.8 Å². The molecule has 5 rings (SSSR count). The summed E-state index contributed by atoms with van der Waals surface area (Å²) in [6.45, 7) is 1.35. The van der Waals surface area contributed by atoms with Crippen molar-refractivity contribution in [2.75, 3.05) is 19.6 Å². The number of aromatic nitrogens is 2.